The van der Waals surface area contributed by atoms with Crippen molar-refractivity contribution < 1.29 is 19.1 Å². The lowest BCUT2D eigenvalue weighted by atomic mass is 9.95. The first-order valence-corrected chi connectivity index (χ1v) is 6.53. The molecule has 0 aliphatic heterocycles. The molecule has 1 fully saturated rings. The second kappa shape index (κ2) is 4.72. The van der Waals surface area contributed by atoms with Crippen LogP contribution in [0.5, 0.6) is 0 Å². The molecule has 0 spiro atoms. The van der Waals surface area contributed by atoms with E-state index in [-0.39, 0.29) is 11.7 Å². The first-order chi connectivity index (χ1) is 8.88. The molecule has 0 unspecified atom stereocenters. The van der Waals surface area contributed by atoms with Crippen LogP contribution in [0.15, 0.2) is 10.5 Å². The van der Waals surface area contributed by atoms with E-state index in [1.54, 1.807) is 13.8 Å². The van der Waals surface area contributed by atoms with E-state index in [4.69, 9.17) is 4.42 Å². The Morgan fingerprint density at radius 1 is 1.53 bits per heavy atom. The van der Waals surface area contributed by atoms with Crippen LogP contribution >= 0.6 is 0 Å². The zero-order valence-electron chi connectivity index (χ0n) is 11.4. The maximum atomic E-state index is 12.2. The number of carboxylic acids is 1. The minimum atomic E-state index is -1.21. The number of hydrogen-bond donors (Lipinski definition) is 2. The Hall–Kier alpha value is -1.78. The van der Waals surface area contributed by atoms with Crippen LogP contribution in [-0.2, 0) is 11.2 Å². The number of carboxylic acid groups (broad SMARTS) is 1. The average molecular weight is 265 g/mol. The first kappa shape index (κ1) is 13.6. The van der Waals surface area contributed by atoms with Gasteiger partial charge in [-0.15, -0.1) is 0 Å². The van der Waals surface area contributed by atoms with E-state index in [2.05, 4.69) is 5.32 Å². The van der Waals surface area contributed by atoms with Gasteiger partial charge in [-0.1, -0.05) is 6.92 Å². The normalized spacial score (nSPS) is 17.8. The summed E-state index contributed by atoms with van der Waals surface area (Å²) in [5, 5.41) is 11.9. The van der Waals surface area contributed by atoms with Crippen molar-refractivity contribution in [1.82, 2.24) is 5.32 Å². The third-order valence-electron chi connectivity index (χ3n) is 3.73. The summed E-state index contributed by atoms with van der Waals surface area (Å²) in [6, 6.07) is 1.81. The van der Waals surface area contributed by atoms with Gasteiger partial charge in [-0.25, -0.2) is 4.79 Å². The van der Waals surface area contributed by atoms with Crippen molar-refractivity contribution in [2.75, 3.05) is 0 Å². The van der Waals surface area contributed by atoms with Crippen LogP contribution in [0.25, 0.3) is 0 Å². The maximum absolute atomic E-state index is 12.2. The summed E-state index contributed by atoms with van der Waals surface area (Å²) in [4.78, 5) is 23.5. The number of hydrogen-bond acceptors (Lipinski definition) is 3. The minimum Gasteiger partial charge on any atom is -0.480 e. The van der Waals surface area contributed by atoms with Gasteiger partial charge < -0.3 is 14.8 Å². The fourth-order valence-corrected chi connectivity index (χ4v) is 2.23. The third-order valence-corrected chi connectivity index (χ3v) is 3.73. The van der Waals surface area contributed by atoms with Gasteiger partial charge in [0, 0.05) is 12.0 Å². The molecule has 0 saturated heterocycles. The van der Waals surface area contributed by atoms with Crippen molar-refractivity contribution in [3.8, 4) is 0 Å². The van der Waals surface area contributed by atoms with Crippen LogP contribution in [0.3, 0.4) is 0 Å². The van der Waals surface area contributed by atoms with Crippen LogP contribution in [0.2, 0.25) is 0 Å². The van der Waals surface area contributed by atoms with E-state index in [0.29, 0.717) is 6.42 Å². The van der Waals surface area contributed by atoms with Gasteiger partial charge >= 0.3 is 5.97 Å². The van der Waals surface area contributed by atoms with E-state index in [9.17, 15) is 14.7 Å². The molecule has 1 heterocycles. The van der Waals surface area contributed by atoms with Gasteiger partial charge in [-0.2, -0.15) is 0 Å². The highest BCUT2D eigenvalue weighted by atomic mass is 16.4. The summed E-state index contributed by atoms with van der Waals surface area (Å²) in [5.41, 5.74) is -0.472. The topological polar surface area (TPSA) is 79.5 Å². The fourth-order valence-electron chi connectivity index (χ4n) is 2.23. The molecule has 19 heavy (non-hydrogen) atoms. The van der Waals surface area contributed by atoms with Crippen LogP contribution < -0.4 is 5.32 Å². The number of rotatable bonds is 5. The number of aliphatic carboxylic acids is 1. The van der Waals surface area contributed by atoms with Crippen LogP contribution in [0.1, 0.15) is 48.6 Å². The molecule has 104 valence electrons. The van der Waals surface area contributed by atoms with Gasteiger partial charge in [0.15, 0.2) is 5.76 Å². The Morgan fingerprint density at radius 3 is 2.58 bits per heavy atom. The summed E-state index contributed by atoms with van der Waals surface area (Å²) < 4.78 is 5.45. The Bertz CT molecular complexity index is 516. The molecule has 1 aliphatic carbocycles. The average Bonchev–Trinajstić information content (AvgIpc) is 3.12. The van der Waals surface area contributed by atoms with Crippen LogP contribution in [0.4, 0.5) is 0 Å². The highest BCUT2D eigenvalue weighted by Crippen LogP contribution is 2.40. The number of nitrogens with one attached hydrogen (secondary N) is 1. The lowest BCUT2D eigenvalue weighted by molar-refractivity contribution is -0.144. The summed E-state index contributed by atoms with van der Waals surface area (Å²) in [6.07, 6.45) is 2.37. The first-order valence-electron chi connectivity index (χ1n) is 6.53. The van der Waals surface area contributed by atoms with E-state index in [0.717, 1.165) is 24.2 Å². The summed E-state index contributed by atoms with van der Waals surface area (Å²) in [6.45, 7) is 5.28. The predicted octanol–water partition coefficient (Wildman–Crippen LogP) is 2.13. The summed E-state index contributed by atoms with van der Waals surface area (Å²) in [7, 11) is 0. The largest absolute Gasteiger partial charge is 0.480 e. The van der Waals surface area contributed by atoms with Gasteiger partial charge in [-0.3, -0.25) is 4.79 Å². The van der Waals surface area contributed by atoms with E-state index in [1.807, 2.05) is 13.0 Å². The smallest absolute Gasteiger partial charge is 0.329 e. The molecule has 0 aromatic carbocycles. The Balaban J connectivity index is 2.19. The standard InChI is InChI=1S/C14H19NO4/c1-4-10-7-8(2)11(19-10)12(16)15-14(3,13(17)18)9-5-6-9/h7,9H,4-6H2,1-3H3,(H,15,16)(H,17,18)/t14-/m0/s1. The second-order valence-electron chi connectivity index (χ2n) is 5.31. The van der Waals surface area contributed by atoms with Crippen LogP contribution in [-0.4, -0.2) is 22.5 Å². The van der Waals surface area contributed by atoms with E-state index >= 15 is 0 Å². The zero-order valence-corrected chi connectivity index (χ0v) is 11.4. The molecule has 1 aromatic rings. The molecule has 1 saturated carbocycles. The molecule has 2 N–H and O–H groups in total. The van der Waals surface area contributed by atoms with E-state index in [1.165, 1.54) is 0 Å². The summed E-state index contributed by atoms with van der Waals surface area (Å²) >= 11 is 0. The molecule has 5 heteroatoms. The highest BCUT2D eigenvalue weighted by Gasteiger charge is 2.49. The van der Waals surface area contributed by atoms with Crippen molar-refractivity contribution in [3.05, 3.63) is 23.2 Å². The molecule has 1 amide bonds. The number of amides is 1. The van der Waals surface area contributed by atoms with Crippen molar-refractivity contribution in [3.63, 3.8) is 0 Å². The van der Waals surface area contributed by atoms with Gasteiger partial charge in [0.05, 0.1) is 0 Å². The molecule has 0 bridgehead atoms. The highest BCUT2D eigenvalue weighted by molar-refractivity contribution is 5.97. The number of aryl methyl sites for hydroxylation is 2. The lowest BCUT2D eigenvalue weighted by Crippen LogP contribution is -2.54. The Kier molecular flexibility index (Phi) is 3.39. The Morgan fingerprint density at radius 2 is 2.16 bits per heavy atom. The van der Waals surface area contributed by atoms with Gasteiger partial charge in [0.25, 0.3) is 5.91 Å². The second-order valence-corrected chi connectivity index (χ2v) is 5.31. The lowest BCUT2D eigenvalue weighted by Gasteiger charge is -2.25. The predicted molar refractivity (Wildman–Crippen MR) is 69.1 cm³/mol. The molecular weight excluding hydrogens is 246 g/mol. The van der Waals surface area contributed by atoms with Gasteiger partial charge in [0.2, 0.25) is 0 Å². The number of carbonyl (C=O) groups is 2. The fraction of sp³-hybridized carbons (Fsp3) is 0.571. The third kappa shape index (κ3) is 2.50. The summed E-state index contributed by atoms with van der Waals surface area (Å²) in [5.74, 6) is -0.497. The quantitative estimate of drug-likeness (QED) is 0.854. The molecule has 5 nitrogen and oxygen atoms in total. The number of carbonyl (C=O) groups excluding carboxylic acids is 1. The van der Waals surface area contributed by atoms with E-state index < -0.39 is 17.4 Å². The molecule has 1 aliphatic rings. The molecule has 0 radical (unpaired) electrons. The Labute approximate surface area is 112 Å². The molecule has 2 rings (SSSR count). The monoisotopic (exact) mass is 265 g/mol. The molecule has 1 aromatic heterocycles. The number of furan rings is 1. The van der Waals surface area contributed by atoms with Gasteiger partial charge in [0.1, 0.15) is 11.3 Å². The minimum absolute atomic E-state index is 0.00913. The van der Waals surface area contributed by atoms with Crippen LogP contribution in [0, 0.1) is 12.8 Å². The zero-order chi connectivity index (χ0) is 14.2. The molecular formula is C14H19NO4. The van der Waals surface area contributed by atoms with Crippen molar-refractivity contribution in [2.45, 2.75) is 45.6 Å². The maximum Gasteiger partial charge on any atom is 0.329 e. The SMILES string of the molecule is CCc1cc(C)c(C(=O)N[C@](C)(C(=O)O)C2CC2)o1. The molecule has 1 atom stereocenters. The van der Waals surface area contributed by atoms with Crippen molar-refractivity contribution in [2.24, 2.45) is 5.92 Å². The van der Waals surface area contributed by atoms with Crippen molar-refractivity contribution >= 4 is 11.9 Å². The van der Waals surface area contributed by atoms with Gasteiger partial charge in [-0.05, 0) is 38.7 Å². The van der Waals surface area contributed by atoms with Crippen molar-refractivity contribution in [1.29, 1.82) is 0 Å².